The van der Waals surface area contributed by atoms with Crippen molar-refractivity contribution in [1.82, 2.24) is 0 Å². The maximum atomic E-state index is 5.62. The highest BCUT2D eigenvalue weighted by Crippen LogP contribution is 2.13. The van der Waals surface area contributed by atoms with E-state index in [-0.39, 0.29) is 6.29 Å². The van der Waals surface area contributed by atoms with Crippen LogP contribution in [0.4, 0.5) is 0 Å². The summed E-state index contributed by atoms with van der Waals surface area (Å²) in [5.41, 5.74) is 1.16. The molecule has 2 rings (SSSR count). The zero-order valence-electron chi connectivity index (χ0n) is 41.1. The number of hydrogen-bond donors (Lipinski definition) is 0. The van der Waals surface area contributed by atoms with Gasteiger partial charge in [0.1, 0.15) is 0 Å². The molecular weight excluding hydrogens is 897 g/mol. The fourth-order valence-corrected chi connectivity index (χ4v) is 5.58. The maximum Gasteiger partial charge on any atom is 0.157 e. The van der Waals surface area contributed by atoms with Gasteiger partial charge in [0.15, 0.2) is 6.29 Å². The van der Waals surface area contributed by atoms with Gasteiger partial charge < -0.3 is 94.7 Å². The lowest BCUT2D eigenvalue weighted by atomic mass is 10.2. The van der Waals surface area contributed by atoms with Gasteiger partial charge in [-0.1, -0.05) is 30.3 Å². The van der Waals surface area contributed by atoms with Gasteiger partial charge in [-0.3, -0.25) is 0 Å². The van der Waals surface area contributed by atoms with E-state index in [0.717, 1.165) is 31.4 Å². The van der Waals surface area contributed by atoms with Crippen molar-refractivity contribution in [3.63, 3.8) is 0 Å². The quantitative estimate of drug-likeness (QED) is 0.0868. The van der Waals surface area contributed by atoms with E-state index in [0.29, 0.717) is 244 Å². The molecule has 0 bridgehead atoms. The molecule has 0 spiro atoms. The van der Waals surface area contributed by atoms with E-state index in [9.17, 15) is 0 Å². The van der Waals surface area contributed by atoms with Gasteiger partial charge in [0, 0.05) is 6.61 Å². The Bertz CT molecular complexity index is 1080. The van der Waals surface area contributed by atoms with E-state index >= 15 is 0 Å². The Morgan fingerprint density at radius 1 is 0.279 bits per heavy atom. The predicted octanol–water partition coefficient (Wildman–Crippen LogP) is 3.03. The van der Waals surface area contributed by atoms with Gasteiger partial charge in [-0.2, -0.15) is 0 Å². The molecule has 1 atom stereocenters. The molecule has 1 aliphatic rings. The molecule has 68 heavy (non-hydrogen) atoms. The predicted molar refractivity (Wildman–Crippen MR) is 250 cm³/mol. The van der Waals surface area contributed by atoms with Crippen LogP contribution in [0.2, 0.25) is 0 Å². The highest BCUT2D eigenvalue weighted by molar-refractivity contribution is 5.13. The molecule has 0 radical (unpaired) electrons. The van der Waals surface area contributed by atoms with E-state index < -0.39 is 0 Å². The lowest BCUT2D eigenvalue weighted by Gasteiger charge is -2.22. The van der Waals surface area contributed by atoms with Crippen LogP contribution in [0.25, 0.3) is 0 Å². The summed E-state index contributed by atoms with van der Waals surface area (Å²) in [5.74, 6) is 0. The molecule has 1 aliphatic heterocycles. The van der Waals surface area contributed by atoms with Crippen LogP contribution in [-0.4, -0.2) is 251 Å². The first-order valence-corrected chi connectivity index (χ1v) is 24.6. The molecule has 400 valence electrons. The van der Waals surface area contributed by atoms with Crippen molar-refractivity contribution in [2.24, 2.45) is 0 Å². The molecule has 0 N–H and O–H groups in total. The Morgan fingerprint density at radius 2 is 0.515 bits per heavy atom. The van der Waals surface area contributed by atoms with Crippen molar-refractivity contribution in [3.8, 4) is 0 Å². The van der Waals surface area contributed by atoms with Gasteiger partial charge in [-0.15, -0.1) is 0 Å². The number of rotatable bonds is 57. The third kappa shape index (κ3) is 48.1. The normalized spacial score (nSPS) is 14.1. The molecule has 0 aliphatic carbocycles. The topological polar surface area (TPSA) is 185 Å². The highest BCUT2D eigenvalue weighted by Gasteiger charge is 2.13. The van der Waals surface area contributed by atoms with Gasteiger partial charge in [0.05, 0.1) is 244 Å². The van der Waals surface area contributed by atoms with Crippen LogP contribution >= 0.6 is 0 Å². The molecule has 1 aromatic rings. The van der Waals surface area contributed by atoms with Gasteiger partial charge >= 0.3 is 0 Å². The van der Waals surface area contributed by atoms with Crippen LogP contribution in [0.15, 0.2) is 30.3 Å². The Kier molecular flexibility index (Phi) is 50.3. The van der Waals surface area contributed by atoms with Crippen molar-refractivity contribution >= 4 is 0 Å². The minimum Gasteiger partial charge on any atom is -0.377 e. The molecule has 1 heterocycles. The average molecular weight is 985 g/mol. The second kappa shape index (κ2) is 54.7. The van der Waals surface area contributed by atoms with Crippen LogP contribution in [0.3, 0.4) is 0 Å². The summed E-state index contributed by atoms with van der Waals surface area (Å²) in [4.78, 5) is 0. The molecule has 1 unspecified atom stereocenters. The minimum absolute atomic E-state index is 0.0723. The third-order valence-electron chi connectivity index (χ3n) is 9.11. The van der Waals surface area contributed by atoms with Crippen LogP contribution in [0.5, 0.6) is 0 Å². The standard InChI is InChI=1S/C48H88O20/c1-2-6-47(7-3-1)46-66-43-42-64-39-38-62-35-34-60-31-30-58-27-26-56-23-22-54-19-18-52-15-14-50-11-10-49-12-13-51-16-17-53-20-21-55-24-25-57-28-29-59-32-33-61-36-37-63-40-41-65-44-45-68-48-8-4-5-9-67-48/h1-3,6-7,48H,4-5,8-46H2. The number of benzene rings is 1. The number of ether oxygens (including phenoxy) is 20. The molecule has 1 aromatic carbocycles. The largest absolute Gasteiger partial charge is 0.377 e. The van der Waals surface area contributed by atoms with Gasteiger partial charge in [0.2, 0.25) is 0 Å². The summed E-state index contributed by atoms with van der Waals surface area (Å²) < 4.78 is 110. The number of hydrogen-bond acceptors (Lipinski definition) is 20. The molecule has 20 nitrogen and oxygen atoms in total. The van der Waals surface area contributed by atoms with E-state index in [1.165, 1.54) is 0 Å². The van der Waals surface area contributed by atoms with Gasteiger partial charge in [-0.25, -0.2) is 0 Å². The van der Waals surface area contributed by atoms with Crippen LogP contribution in [0.1, 0.15) is 24.8 Å². The van der Waals surface area contributed by atoms with Gasteiger partial charge in [-0.05, 0) is 24.8 Å². The second-order valence-electron chi connectivity index (χ2n) is 14.6. The summed E-state index contributed by atoms with van der Waals surface area (Å²) in [6.07, 6.45) is 3.17. The molecular formula is C48H88O20. The monoisotopic (exact) mass is 985 g/mol. The van der Waals surface area contributed by atoms with E-state index in [4.69, 9.17) is 94.7 Å². The SMILES string of the molecule is c1ccc(COCCOCCOCCOCCOCCOCCOCCOCCOCCOCCOCCOCCOCCOCCOCCOCCOCCOCCOC2CCCCO2)cc1. The van der Waals surface area contributed by atoms with E-state index in [2.05, 4.69) is 0 Å². The molecule has 1 saturated heterocycles. The fourth-order valence-electron chi connectivity index (χ4n) is 5.58. The van der Waals surface area contributed by atoms with E-state index in [1.807, 2.05) is 30.3 Å². The summed E-state index contributed by atoms with van der Waals surface area (Å²) in [6, 6.07) is 10.1. The van der Waals surface area contributed by atoms with Crippen molar-refractivity contribution in [3.05, 3.63) is 35.9 Å². The second-order valence-corrected chi connectivity index (χ2v) is 14.6. The fraction of sp³-hybridized carbons (Fsp3) is 0.875. The van der Waals surface area contributed by atoms with E-state index in [1.54, 1.807) is 0 Å². The molecule has 0 saturated carbocycles. The third-order valence-corrected chi connectivity index (χ3v) is 9.11. The first-order chi connectivity index (χ1) is 33.9. The zero-order valence-corrected chi connectivity index (χ0v) is 41.1. The molecule has 1 fully saturated rings. The van der Waals surface area contributed by atoms with Crippen LogP contribution in [0, 0.1) is 0 Å². The lowest BCUT2D eigenvalue weighted by molar-refractivity contribution is -0.169. The Balaban J connectivity index is 1.09. The van der Waals surface area contributed by atoms with Crippen molar-refractivity contribution in [2.45, 2.75) is 32.2 Å². The summed E-state index contributed by atoms with van der Waals surface area (Å²) >= 11 is 0. The zero-order chi connectivity index (χ0) is 47.8. The summed E-state index contributed by atoms with van der Waals surface area (Å²) in [7, 11) is 0. The average Bonchev–Trinajstić information content (AvgIpc) is 3.37. The molecule has 0 amide bonds. The first-order valence-electron chi connectivity index (χ1n) is 24.6. The van der Waals surface area contributed by atoms with Crippen molar-refractivity contribution in [2.75, 3.05) is 244 Å². The van der Waals surface area contributed by atoms with Crippen molar-refractivity contribution in [1.29, 1.82) is 0 Å². The first kappa shape index (κ1) is 62.5. The maximum absolute atomic E-state index is 5.62. The Morgan fingerprint density at radius 3 is 0.750 bits per heavy atom. The summed E-state index contributed by atoms with van der Waals surface area (Å²) in [6.45, 7) is 19.7. The molecule has 20 heteroatoms. The Hall–Kier alpha value is -1.58. The van der Waals surface area contributed by atoms with Crippen molar-refractivity contribution < 1.29 is 94.7 Å². The smallest absolute Gasteiger partial charge is 0.157 e. The van der Waals surface area contributed by atoms with Crippen LogP contribution in [-0.2, 0) is 101 Å². The Labute approximate surface area is 406 Å². The highest BCUT2D eigenvalue weighted by atomic mass is 16.7. The van der Waals surface area contributed by atoms with Gasteiger partial charge in [0.25, 0.3) is 0 Å². The minimum atomic E-state index is -0.0723. The summed E-state index contributed by atoms with van der Waals surface area (Å²) in [5, 5.41) is 0. The van der Waals surface area contributed by atoms with Crippen LogP contribution < -0.4 is 0 Å². The molecule has 0 aromatic heterocycles. The lowest BCUT2D eigenvalue weighted by Crippen LogP contribution is -2.24.